The van der Waals surface area contributed by atoms with Gasteiger partial charge in [-0.2, -0.15) is 13.2 Å². The van der Waals surface area contributed by atoms with E-state index in [-0.39, 0.29) is 5.91 Å². The van der Waals surface area contributed by atoms with Gasteiger partial charge in [0.15, 0.2) is 0 Å². The van der Waals surface area contributed by atoms with Gasteiger partial charge in [-0.05, 0) is 47.7 Å². The van der Waals surface area contributed by atoms with Crippen LogP contribution in [0.1, 0.15) is 40.9 Å². The Balaban J connectivity index is 1.88. The van der Waals surface area contributed by atoms with Crippen LogP contribution in [-0.2, 0) is 17.4 Å². The van der Waals surface area contributed by atoms with E-state index in [9.17, 15) is 18.0 Å². The van der Waals surface area contributed by atoms with Crippen molar-refractivity contribution in [3.05, 3.63) is 95.3 Å². The van der Waals surface area contributed by atoms with E-state index in [2.05, 4.69) is 15.6 Å². The number of hydrogen-bond acceptors (Lipinski definition) is 4. The molecule has 0 aliphatic carbocycles. The van der Waals surface area contributed by atoms with E-state index >= 15 is 0 Å². The van der Waals surface area contributed by atoms with Crippen LogP contribution in [0, 0.1) is 0 Å². The van der Waals surface area contributed by atoms with E-state index in [1.807, 2.05) is 54.6 Å². The maximum atomic E-state index is 13.0. The summed E-state index contributed by atoms with van der Waals surface area (Å²) >= 11 is 0. The van der Waals surface area contributed by atoms with E-state index in [0.29, 0.717) is 18.4 Å². The topological polar surface area (TPSA) is 63.2 Å². The van der Waals surface area contributed by atoms with Crippen molar-refractivity contribution in [3.63, 3.8) is 0 Å². The molecule has 0 aliphatic rings. The Hall–Kier alpha value is -3.39. The Kier molecular flexibility index (Phi) is 8.06. The zero-order valence-electron chi connectivity index (χ0n) is 18.4. The number of ether oxygens (including phenoxy) is 1. The summed E-state index contributed by atoms with van der Waals surface area (Å²) in [5, 5.41) is 5.99. The predicted molar refractivity (Wildman–Crippen MR) is 120 cm³/mol. The molecule has 0 saturated carbocycles. The summed E-state index contributed by atoms with van der Waals surface area (Å²) in [5.74, 6) is 0.500. The number of aryl methyl sites for hydroxylation is 1. The number of aromatic nitrogens is 1. The highest BCUT2D eigenvalue weighted by Crippen LogP contribution is 2.30. The molecule has 0 spiro atoms. The number of halogens is 3. The molecule has 174 valence electrons. The lowest BCUT2D eigenvalue weighted by atomic mass is 9.97. The Bertz CT molecular complexity index is 1020. The fraction of sp³-hybridized carbons (Fsp3) is 0.280. The van der Waals surface area contributed by atoms with Crippen molar-refractivity contribution in [1.29, 1.82) is 0 Å². The molecule has 5 nitrogen and oxygen atoms in total. The van der Waals surface area contributed by atoms with Crippen LogP contribution in [0.5, 0.6) is 5.75 Å². The van der Waals surface area contributed by atoms with Crippen molar-refractivity contribution >= 4 is 5.91 Å². The van der Waals surface area contributed by atoms with Crippen molar-refractivity contribution in [2.45, 2.75) is 31.1 Å². The highest BCUT2D eigenvalue weighted by molar-refractivity contribution is 5.83. The largest absolute Gasteiger partial charge is 0.497 e. The number of methoxy groups -OCH3 is 1. The molecular weight excluding hydrogens is 431 g/mol. The lowest BCUT2D eigenvalue weighted by molar-refractivity contribution is -0.141. The summed E-state index contributed by atoms with van der Waals surface area (Å²) in [5.41, 5.74) is 1.41. The van der Waals surface area contributed by atoms with Crippen LogP contribution < -0.4 is 15.4 Å². The van der Waals surface area contributed by atoms with Crippen molar-refractivity contribution in [2.75, 3.05) is 14.2 Å². The molecule has 1 amide bonds. The molecule has 0 radical (unpaired) electrons. The number of pyridine rings is 1. The monoisotopic (exact) mass is 457 g/mol. The second-order valence-corrected chi connectivity index (χ2v) is 7.54. The smallest absolute Gasteiger partial charge is 0.433 e. The number of rotatable bonds is 9. The van der Waals surface area contributed by atoms with E-state index in [1.165, 1.54) is 12.3 Å². The van der Waals surface area contributed by atoms with Gasteiger partial charge in [0, 0.05) is 19.3 Å². The quantitative estimate of drug-likeness (QED) is 0.482. The molecule has 2 atom stereocenters. The summed E-state index contributed by atoms with van der Waals surface area (Å²) in [6.45, 7) is 0. The Morgan fingerprint density at radius 2 is 1.70 bits per heavy atom. The van der Waals surface area contributed by atoms with Crippen LogP contribution >= 0.6 is 0 Å². The third-order valence-corrected chi connectivity index (χ3v) is 5.37. The molecule has 8 heteroatoms. The van der Waals surface area contributed by atoms with Crippen LogP contribution in [0.3, 0.4) is 0 Å². The van der Waals surface area contributed by atoms with Gasteiger partial charge >= 0.3 is 6.18 Å². The minimum Gasteiger partial charge on any atom is -0.497 e. The molecule has 33 heavy (non-hydrogen) atoms. The average Bonchev–Trinajstić information content (AvgIpc) is 2.84. The van der Waals surface area contributed by atoms with Crippen molar-refractivity contribution < 1.29 is 22.7 Å². The standard InChI is InChI=1S/C25H26F3N3O2/c1-29-24(32)23(18-6-4-3-5-7-18)31-21(14-10-17-8-12-20(33-2)13-9-17)19-11-15-22(30-16-19)25(26,27)28/h3-9,11-13,15-16,21,23,31H,10,14H2,1-2H3,(H,29,32)/t21-,23?/m0/s1. The molecule has 3 aromatic rings. The number of nitrogens with one attached hydrogen (secondary N) is 2. The first kappa shape index (κ1) is 24.3. The number of hydrogen-bond donors (Lipinski definition) is 2. The lowest BCUT2D eigenvalue weighted by Crippen LogP contribution is -2.38. The fourth-order valence-corrected chi connectivity index (χ4v) is 3.54. The number of nitrogens with zero attached hydrogens (tertiary/aromatic N) is 1. The van der Waals surface area contributed by atoms with Gasteiger partial charge in [-0.1, -0.05) is 48.5 Å². The maximum absolute atomic E-state index is 13.0. The van der Waals surface area contributed by atoms with Gasteiger partial charge in [0.2, 0.25) is 5.91 Å². The fourth-order valence-electron chi connectivity index (χ4n) is 3.54. The van der Waals surface area contributed by atoms with Gasteiger partial charge in [0.05, 0.1) is 7.11 Å². The third-order valence-electron chi connectivity index (χ3n) is 5.37. The molecule has 0 fully saturated rings. The Morgan fingerprint density at radius 1 is 1.00 bits per heavy atom. The number of carbonyl (C=O) groups is 1. The summed E-state index contributed by atoms with van der Waals surface area (Å²) in [6.07, 6.45) is -2.11. The molecule has 2 N–H and O–H groups in total. The normalized spacial score (nSPS) is 13.2. The SMILES string of the molecule is CNC(=O)C(N[C@@H](CCc1ccc(OC)cc1)c1ccc(C(F)(F)F)nc1)c1ccccc1. The highest BCUT2D eigenvalue weighted by Gasteiger charge is 2.32. The molecular formula is C25H26F3N3O2. The van der Waals surface area contributed by atoms with Gasteiger partial charge in [-0.25, -0.2) is 0 Å². The zero-order valence-corrected chi connectivity index (χ0v) is 18.4. The van der Waals surface area contributed by atoms with Crippen LogP contribution in [0.25, 0.3) is 0 Å². The molecule has 1 unspecified atom stereocenters. The highest BCUT2D eigenvalue weighted by atomic mass is 19.4. The molecule has 0 saturated heterocycles. The first-order valence-corrected chi connectivity index (χ1v) is 10.5. The van der Waals surface area contributed by atoms with Crippen molar-refractivity contribution in [2.24, 2.45) is 0 Å². The van der Waals surface area contributed by atoms with Crippen LogP contribution in [0.15, 0.2) is 72.9 Å². The van der Waals surface area contributed by atoms with Crippen molar-refractivity contribution in [1.82, 2.24) is 15.6 Å². The van der Waals surface area contributed by atoms with Crippen molar-refractivity contribution in [3.8, 4) is 5.75 Å². The van der Waals surface area contributed by atoms with Crippen LogP contribution in [0.2, 0.25) is 0 Å². The maximum Gasteiger partial charge on any atom is 0.433 e. The molecule has 1 heterocycles. The van der Waals surface area contributed by atoms with Crippen LogP contribution in [0.4, 0.5) is 13.2 Å². The Morgan fingerprint density at radius 3 is 2.24 bits per heavy atom. The second-order valence-electron chi connectivity index (χ2n) is 7.54. The number of carbonyl (C=O) groups excluding carboxylic acids is 1. The first-order chi connectivity index (χ1) is 15.8. The second kappa shape index (κ2) is 11.0. The van der Waals surface area contributed by atoms with Gasteiger partial charge in [0.25, 0.3) is 0 Å². The summed E-state index contributed by atoms with van der Waals surface area (Å²) < 4.78 is 44.2. The van der Waals surface area contributed by atoms with E-state index in [0.717, 1.165) is 22.9 Å². The summed E-state index contributed by atoms with van der Waals surface area (Å²) in [7, 11) is 3.14. The number of alkyl halides is 3. The number of likely N-dealkylation sites (N-methyl/N-ethyl adjacent to an activating group) is 1. The third kappa shape index (κ3) is 6.55. The van der Waals surface area contributed by atoms with Gasteiger partial charge in [-0.3, -0.25) is 15.1 Å². The molecule has 0 bridgehead atoms. The molecule has 3 rings (SSSR count). The molecule has 1 aromatic heterocycles. The van der Waals surface area contributed by atoms with Gasteiger partial charge in [-0.15, -0.1) is 0 Å². The Labute approximate surface area is 191 Å². The minimum atomic E-state index is -4.51. The van der Waals surface area contributed by atoms with Gasteiger partial charge in [0.1, 0.15) is 17.5 Å². The van der Waals surface area contributed by atoms with Crippen LogP contribution in [-0.4, -0.2) is 25.0 Å². The predicted octanol–water partition coefficient (Wildman–Crippen LogP) is 4.86. The summed E-state index contributed by atoms with van der Waals surface area (Å²) in [4.78, 5) is 16.3. The lowest BCUT2D eigenvalue weighted by Gasteiger charge is -2.26. The van der Waals surface area contributed by atoms with E-state index < -0.39 is 24.0 Å². The average molecular weight is 457 g/mol. The molecule has 0 aliphatic heterocycles. The minimum absolute atomic E-state index is 0.240. The first-order valence-electron chi connectivity index (χ1n) is 10.5. The number of benzene rings is 2. The number of amides is 1. The summed E-state index contributed by atoms with van der Waals surface area (Å²) in [6, 6.07) is 18.1. The zero-order chi connectivity index (χ0) is 23.8. The molecule has 2 aromatic carbocycles. The van der Waals surface area contributed by atoms with E-state index in [1.54, 1.807) is 14.2 Å². The van der Waals surface area contributed by atoms with E-state index in [4.69, 9.17) is 4.74 Å². The van der Waals surface area contributed by atoms with Gasteiger partial charge < -0.3 is 10.1 Å².